The Balaban J connectivity index is 0.00000147. The Morgan fingerprint density at radius 2 is 1.75 bits per heavy atom. The number of halogens is 4. The zero-order chi connectivity index (χ0) is 13.6. The maximum Gasteiger partial charge on any atom is 0.258 e. The summed E-state index contributed by atoms with van der Waals surface area (Å²) < 4.78 is 44.0. The fourth-order valence-electron chi connectivity index (χ4n) is 2.00. The summed E-state index contributed by atoms with van der Waals surface area (Å²) >= 11 is 0. The molecule has 0 spiro atoms. The zero-order valence-corrected chi connectivity index (χ0v) is 11.0. The van der Waals surface area contributed by atoms with Crippen LogP contribution in [0.4, 0.5) is 13.2 Å². The summed E-state index contributed by atoms with van der Waals surface area (Å²) in [5.74, 6) is -3.91. The monoisotopic (exact) mass is 305 g/mol. The lowest BCUT2D eigenvalue weighted by atomic mass is 9.77. The van der Waals surface area contributed by atoms with E-state index < -0.39 is 23.0 Å². The molecule has 1 aromatic heterocycles. The fraction of sp³-hybridized carbons (Fsp3) is 0.333. The van der Waals surface area contributed by atoms with Crippen molar-refractivity contribution >= 4 is 12.4 Å². The Morgan fingerprint density at radius 3 is 2.25 bits per heavy atom. The predicted molar refractivity (Wildman–Crippen MR) is 66.6 cm³/mol. The highest BCUT2D eigenvalue weighted by Crippen LogP contribution is 2.37. The minimum absolute atomic E-state index is 0. The lowest BCUT2D eigenvalue weighted by Crippen LogP contribution is -2.44. The van der Waals surface area contributed by atoms with Crippen LogP contribution >= 0.6 is 12.4 Å². The van der Waals surface area contributed by atoms with Gasteiger partial charge in [0.05, 0.1) is 5.54 Å². The number of nitrogens with two attached hydrogens (primary N) is 1. The first-order valence-corrected chi connectivity index (χ1v) is 5.77. The van der Waals surface area contributed by atoms with Crippen LogP contribution in [0.3, 0.4) is 0 Å². The standard InChI is InChI=1S/C12H10F3N3O.ClH/c13-7-4-6(5-8(14)9(7)15)10-17-11(18-19-10)12(16)2-1-3-12;/h4-5H,1-3,16H2;1H. The van der Waals surface area contributed by atoms with Gasteiger partial charge in [0.2, 0.25) is 0 Å². The molecule has 2 N–H and O–H groups in total. The highest BCUT2D eigenvalue weighted by Gasteiger charge is 2.39. The maximum absolute atomic E-state index is 13.1. The lowest BCUT2D eigenvalue weighted by molar-refractivity contribution is 0.229. The Morgan fingerprint density at radius 1 is 1.15 bits per heavy atom. The first-order chi connectivity index (χ1) is 8.99. The summed E-state index contributed by atoms with van der Waals surface area (Å²) in [5.41, 5.74) is 5.36. The molecule has 1 aliphatic carbocycles. The second kappa shape index (κ2) is 5.06. The van der Waals surface area contributed by atoms with E-state index in [1.54, 1.807) is 0 Å². The predicted octanol–water partition coefficient (Wildman–Crippen LogP) is 2.91. The molecular weight excluding hydrogens is 295 g/mol. The van der Waals surface area contributed by atoms with Crippen molar-refractivity contribution in [2.24, 2.45) is 5.73 Å². The molecule has 1 aliphatic rings. The van der Waals surface area contributed by atoms with Crippen molar-refractivity contribution in [3.05, 3.63) is 35.4 Å². The molecule has 0 amide bonds. The van der Waals surface area contributed by atoms with Crippen LogP contribution in [0.25, 0.3) is 11.5 Å². The molecule has 0 unspecified atom stereocenters. The van der Waals surface area contributed by atoms with E-state index in [0.29, 0.717) is 5.82 Å². The molecule has 0 aliphatic heterocycles. The Labute approximate surface area is 118 Å². The third kappa shape index (κ3) is 2.27. The fourth-order valence-corrected chi connectivity index (χ4v) is 2.00. The van der Waals surface area contributed by atoms with Gasteiger partial charge in [-0.3, -0.25) is 0 Å². The average Bonchev–Trinajstić information content (AvgIpc) is 2.82. The second-order valence-corrected chi connectivity index (χ2v) is 4.69. The van der Waals surface area contributed by atoms with Gasteiger partial charge >= 0.3 is 0 Å². The van der Waals surface area contributed by atoms with Crippen molar-refractivity contribution < 1.29 is 17.7 Å². The quantitative estimate of drug-likeness (QED) is 0.866. The van der Waals surface area contributed by atoms with Gasteiger partial charge in [-0.15, -0.1) is 12.4 Å². The molecule has 20 heavy (non-hydrogen) atoms. The van der Waals surface area contributed by atoms with Gasteiger partial charge in [0.15, 0.2) is 23.3 Å². The minimum atomic E-state index is -1.53. The van der Waals surface area contributed by atoms with Gasteiger partial charge in [-0.25, -0.2) is 13.2 Å². The summed E-state index contributed by atoms with van der Waals surface area (Å²) in [6.07, 6.45) is 2.44. The van der Waals surface area contributed by atoms with Crippen molar-refractivity contribution in [2.75, 3.05) is 0 Å². The molecule has 108 valence electrons. The summed E-state index contributed by atoms with van der Waals surface area (Å²) in [6.45, 7) is 0. The van der Waals surface area contributed by atoms with E-state index in [1.807, 2.05) is 0 Å². The van der Waals surface area contributed by atoms with E-state index in [1.165, 1.54) is 0 Å². The smallest absolute Gasteiger partial charge is 0.258 e. The van der Waals surface area contributed by atoms with Crippen LogP contribution in [0.15, 0.2) is 16.7 Å². The molecule has 0 bridgehead atoms. The molecule has 3 rings (SSSR count). The van der Waals surface area contributed by atoms with Gasteiger partial charge < -0.3 is 10.3 Å². The second-order valence-electron chi connectivity index (χ2n) is 4.69. The average molecular weight is 306 g/mol. The van der Waals surface area contributed by atoms with Crippen LogP contribution in [0.2, 0.25) is 0 Å². The third-order valence-electron chi connectivity index (χ3n) is 3.35. The molecule has 4 nitrogen and oxygen atoms in total. The first-order valence-electron chi connectivity index (χ1n) is 5.77. The van der Waals surface area contributed by atoms with Gasteiger partial charge in [0, 0.05) is 5.56 Å². The molecule has 8 heteroatoms. The molecule has 1 fully saturated rings. The number of rotatable bonds is 2. The SMILES string of the molecule is Cl.NC1(c2noc(-c3cc(F)c(F)c(F)c3)n2)CCC1. The molecule has 1 saturated carbocycles. The lowest BCUT2D eigenvalue weighted by Gasteiger charge is -2.34. The van der Waals surface area contributed by atoms with Crippen molar-refractivity contribution in [2.45, 2.75) is 24.8 Å². The Hall–Kier alpha value is -1.60. The number of benzene rings is 1. The van der Waals surface area contributed by atoms with E-state index in [2.05, 4.69) is 10.1 Å². The molecular formula is C12H11ClF3N3O. The van der Waals surface area contributed by atoms with E-state index in [9.17, 15) is 13.2 Å². The summed E-state index contributed by atoms with van der Waals surface area (Å²) in [6, 6.07) is 1.61. The molecule has 0 saturated heterocycles. The minimum Gasteiger partial charge on any atom is -0.334 e. The zero-order valence-electron chi connectivity index (χ0n) is 10.2. The number of nitrogens with zero attached hydrogens (tertiary/aromatic N) is 2. The number of hydrogen-bond acceptors (Lipinski definition) is 4. The van der Waals surface area contributed by atoms with Crippen LogP contribution < -0.4 is 5.73 Å². The highest BCUT2D eigenvalue weighted by atomic mass is 35.5. The van der Waals surface area contributed by atoms with E-state index in [4.69, 9.17) is 10.3 Å². The van der Waals surface area contributed by atoms with E-state index in [0.717, 1.165) is 31.4 Å². The number of aromatic nitrogens is 2. The summed E-state index contributed by atoms with van der Waals surface area (Å²) in [4.78, 5) is 4.03. The highest BCUT2D eigenvalue weighted by molar-refractivity contribution is 5.85. The van der Waals surface area contributed by atoms with Crippen molar-refractivity contribution in [3.63, 3.8) is 0 Å². The third-order valence-corrected chi connectivity index (χ3v) is 3.35. The van der Waals surface area contributed by atoms with Gasteiger partial charge in [-0.1, -0.05) is 5.16 Å². The normalized spacial score (nSPS) is 16.4. The van der Waals surface area contributed by atoms with Crippen LogP contribution in [0, 0.1) is 17.5 Å². The number of hydrogen-bond donors (Lipinski definition) is 1. The molecule has 0 atom stereocenters. The molecule has 1 heterocycles. The Bertz CT molecular complexity index is 620. The van der Waals surface area contributed by atoms with Crippen molar-refractivity contribution in [3.8, 4) is 11.5 Å². The maximum atomic E-state index is 13.1. The van der Waals surface area contributed by atoms with Gasteiger partial charge in [-0.05, 0) is 31.4 Å². The van der Waals surface area contributed by atoms with Crippen LogP contribution in [0.1, 0.15) is 25.1 Å². The molecule has 1 aromatic carbocycles. The first kappa shape index (κ1) is 14.8. The van der Waals surface area contributed by atoms with Crippen LogP contribution in [-0.4, -0.2) is 10.1 Å². The Kier molecular flexibility index (Phi) is 3.75. The summed E-state index contributed by atoms with van der Waals surface area (Å²) in [5, 5.41) is 3.72. The van der Waals surface area contributed by atoms with Gasteiger partial charge in [0.25, 0.3) is 5.89 Å². The topological polar surface area (TPSA) is 64.9 Å². The largest absolute Gasteiger partial charge is 0.334 e. The van der Waals surface area contributed by atoms with Crippen molar-refractivity contribution in [1.82, 2.24) is 10.1 Å². The van der Waals surface area contributed by atoms with E-state index in [-0.39, 0.29) is 23.9 Å². The molecule has 0 radical (unpaired) electrons. The molecule has 2 aromatic rings. The van der Waals surface area contributed by atoms with Gasteiger partial charge in [-0.2, -0.15) is 4.98 Å². The van der Waals surface area contributed by atoms with E-state index >= 15 is 0 Å². The van der Waals surface area contributed by atoms with Crippen molar-refractivity contribution in [1.29, 1.82) is 0 Å². The van der Waals surface area contributed by atoms with Crippen LogP contribution in [-0.2, 0) is 5.54 Å². The summed E-state index contributed by atoms with van der Waals surface area (Å²) in [7, 11) is 0. The van der Waals surface area contributed by atoms with Gasteiger partial charge in [0.1, 0.15) is 0 Å². The van der Waals surface area contributed by atoms with Crippen LogP contribution in [0.5, 0.6) is 0 Å².